The number of fused-ring (bicyclic) bond motifs is 1. The summed E-state index contributed by atoms with van der Waals surface area (Å²) in [6, 6.07) is 3.55. The third-order valence-electron chi connectivity index (χ3n) is 3.34. The highest BCUT2D eigenvalue weighted by Gasteiger charge is 2.39. The van der Waals surface area contributed by atoms with Crippen molar-refractivity contribution in [1.29, 1.82) is 0 Å². The molecule has 2 heterocycles. The quantitative estimate of drug-likeness (QED) is 0.839. The molecule has 1 aliphatic rings. The topological polar surface area (TPSA) is 64.8 Å². The van der Waals surface area contributed by atoms with Gasteiger partial charge in [-0.25, -0.2) is 13.4 Å². The SMILES string of the molecule is CC1(S(=O)(=O)n2ncc3cccnc32)C=CC=CC1. The smallest absolute Gasteiger partial charge is 0.236 e. The summed E-state index contributed by atoms with van der Waals surface area (Å²) < 4.78 is 25.6. The molecule has 5 nitrogen and oxygen atoms in total. The monoisotopic (exact) mass is 275 g/mol. The lowest BCUT2D eigenvalue weighted by Crippen LogP contribution is -2.38. The molecule has 0 N–H and O–H groups in total. The molecule has 0 aromatic carbocycles. The lowest BCUT2D eigenvalue weighted by atomic mass is 10.0. The Kier molecular flexibility index (Phi) is 2.56. The van der Waals surface area contributed by atoms with Crippen LogP contribution in [0.5, 0.6) is 0 Å². The molecule has 3 rings (SSSR count). The molecule has 2 aromatic rings. The maximum Gasteiger partial charge on any atom is 0.265 e. The molecule has 1 atom stereocenters. The molecular formula is C13H13N3O2S. The predicted octanol–water partition coefficient (Wildman–Crippen LogP) is 1.88. The summed E-state index contributed by atoms with van der Waals surface area (Å²) >= 11 is 0. The first-order valence-electron chi connectivity index (χ1n) is 5.93. The van der Waals surface area contributed by atoms with Crippen molar-refractivity contribution in [3.05, 3.63) is 48.8 Å². The molecule has 19 heavy (non-hydrogen) atoms. The molecule has 0 bridgehead atoms. The number of pyridine rings is 1. The average molecular weight is 275 g/mol. The molecule has 1 aliphatic carbocycles. The van der Waals surface area contributed by atoms with Crippen LogP contribution in [0.4, 0.5) is 0 Å². The van der Waals surface area contributed by atoms with Crippen LogP contribution in [-0.2, 0) is 10.0 Å². The maximum absolute atomic E-state index is 12.8. The average Bonchev–Trinajstić information content (AvgIpc) is 2.84. The molecular weight excluding hydrogens is 262 g/mol. The van der Waals surface area contributed by atoms with Gasteiger partial charge >= 0.3 is 0 Å². The van der Waals surface area contributed by atoms with Crippen molar-refractivity contribution in [2.24, 2.45) is 0 Å². The number of hydrogen-bond acceptors (Lipinski definition) is 4. The molecule has 0 saturated heterocycles. The van der Waals surface area contributed by atoms with Gasteiger partial charge < -0.3 is 0 Å². The molecule has 0 radical (unpaired) electrons. The van der Waals surface area contributed by atoms with Gasteiger partial charge in [-0.3, -0.25) is 0 Å². The van der Waals surface area contributed by atoms with E-state index in [0.717, 1.165) is 4.09 Å². The van der Waals surface area contributed by atoms with E-state index < -0.39 is 14.8 Å². The number of nitrogens with zero attached hydrogens (tertiary/aromatic N) is 3. The Morgan fingerprint density at radius 1 is 1.37 bits per heavy atom. The zero-order valence-corrected chi connectivity index (χ0v) is 11.2. The summed E-state index contributed by atoms with van der Waals surface area (Å²) in [5.41, 5.74) is 0.367. The highest BCUT2D eigenvalue weighted by atomic mass is 32.2. The molecule has 0 fully saturated rings. The minimum absolute atomic E-state index is 0.367. The third kappa shape index (κ3) is 1.71. The Balaban J connectivity index is 2.20. The molecule has 0 aliphatic heterocycles. The molecule has 6 heteroatoms. The molecule has 2 aromatic heterocycles. The Morgan fingerprint density at radius 3 is 2.95 bits per heavy atom. The van der Waals surface area contributed by atoms with Crippen LogP contribution in [0.25, 0.3) is 11.0 Å². The lowest BCUT2D eigenvalue weighted by Gasteiger charge is -2.25. The van der Waals surface area contributed by atoms with Gasteiger partial charge in [0.1, 0.15) is 4.75 Å². The highest BCUT2D eigenvalue weighted by molar-refractivity contribution is 7.91. The highest BCUT2D eigenvalue weighted by Crippen LogP contribution is 2.29. The first kappa shape index (κ1) is 12.1. The van der Waals surface area contributed by atoms with Gasteiger partial charge in [0.25, 0.3) is 10.0 Å². The van der Waals surface area contributed by atoms with E-state index >= 15 is 0 Å². The van der Waals surface area contributed by atoms with Gasteiger partial charge in [-0.1, -0.05) is 24.3 Å². The van der Waals surface area contributed by atoms with E-state index in [0.29, 0.717) is 17.5 Å². The van der Waals surface area contributed by atoms with Gasteiger partial charge in [0.2, 0.25) is 0 Å². The number of allylic oxidation sites excluding steroid dienone is 3. The summed E-state index contributed by atoms with van der Waals surface area (Å²) in [5.74, 6) is 0. The van der Waals surface area contributed by atoms with Crippen molar-refractivity contribution in [3.63, 3.8) is 0 Å². The van der Waals surface area contributed by atoms with E-state index in [1.807, 2.05) is 12.2 Å². The zero-order valence-electron chi connectivity index (χ0n) is 10.4. The third-order valence-corrected chi connectivity index (χ3v) is 5.54. The predicted molar refractivity (Wildman–Crippen MR) is 73.1 cm³/mol. The zero-order chi connectivity index (χ0) is 13.5. The van der Waals surface area contributed by atoms with Crippen LogP contribution in [0.15, 0.2) is 48.8 Å². The first-order valence-corrected chi connectivity index (χ1v) is 7.37. The lowest BCUT2D eigenvalue weighted by molar-refractivity contribution is 0.547. The fourth-order valence-corrected chi connectivity index (χ4v) is 3.62. The second-order valence-electron chi connectivity index (χ2n) is 4.71. The van der Waals surface area contributed by atoms with Crippen LogP contribution < -0.4 is 0 Å². The van der Waals surface area contributed by atoms with E-state index in [-0.39, 0.29) is 0 Å². The van der Waals surface area contributed by atoms with E-state index in [1.54, 1.807) is 37.4 Å². The Morgan fingerprint density at radius 2 is 2.21 bits per heavy atom. The molecule has 1 unspecified atom stereocenters. The number of rotatable bonds is 2. The summed E-state index contributed by atoms with van der Waals surface area (Å²) in [6.07, 6.45) is 10.6. The Hall–Kier alpha value is -1.95. The normalized spacial score (nSPS) is 23.0. The van der Waals surface area contributed by atoms with Gasteiger partial charge in [-0.2, -0.15) is 5.10 Å². The molecule has 98 valence electrons. The second kappa shape index (κ2) is 4.03. The summed E-state index contributed by atoms with van der Waals surface area (Å²) in [5, 5.41) is 4.71. The van der Waals surface area contributed by atoms with Crippen molar-refractivity contribution in [2.75, 3.05) is 0 Å². The first-order chi connectivity index (χ1) is 9.05. The molecule has 0 spiro atoms. The van der Waals surface area contributed by atoms with Gasteiger partial charge in [0, 0.05) is 11.6 Å². The molecule has 0 saturated carbocycles. The number of aromatic nitrogens is 3. The van der Waals surface area contributed by atoms with Crippen molar-refractivity contribution in [1.82, 2.24) is 14.2 Å². The van der Waals surface area contributed by atoms with Crippen LogP contribution in [0.3, 0.4) is 0 Å². The van der Waals surface area contributed by atoms with Gasteiger partial charge in [-0.05, 0) is 25.5 Å². The standard InChI is InChI=1S/C13H13N3O2S/c1-13(7-3-2-4-8-13)19(17,18)16-12-11(10-15-16)6-5-9-14-12/h2-7,9-10H,8H2,1H3. The van der Waals surface area contributed by atoms with Crippen molar-refractivity contribution < 1.29 is 8.42 Å². The summed E-state index contributed by atoms with van der Waals surface area (Å²) in [6.45, 7) is 1.69. The summed E-state index contributed by atoms with van der Waals surface area (Å²) in [7, 11) is -3.64. The maximum atomic E-state index is 12.8. The fourth-order valence-electron chi connectivity index (χ4n) is 2.11. The largest absolute Gasteiger partial charge is 0.265 e. The van der Waals surface area contributed by atoms with Gasteiger partial charge in [-0.15, -0.1) is 4.09 Å². The van der Waals surface area contributed by atoms with E-state index in [1.165, 1.54) is 6.20 Å². The van der Waals surface area contributed by atoms with Crippen LogP contribution in [0.1, 0.15) is 13.3 Å². The minimum Gasteiger partial charge on any atom is -0.236 e. The van der Waals surface area contributed by atoms with Crippen molar-refractivity contribution in [2.45, 2.75) is 18.1 Å². The van der Waals surface area contributed by atoms with E-state index in [2.05, 4.69) is 10.1 Å². The Bertz CT molecular complexity index is 789. The van der Waals surface area contributed by atoms with Crippen LogP contribution in [0.2, 0.25) is 0 Å². The number of hydrogen-bond donors (Lipinski definition) is 0. The molecule has 0 amide bonds. The van der Waals surface area contributed by atoms with E-state index in [9.17, 15) is 8.42 Å². The van der Waals surface area contributed by atoms with Gasteiger partial charge in [0.15, 0.2) is 5.65 Å². The minimum atomic E-state index is -3.64. The second-order valence-corrected chi connectivity index (χ2v) is 6.94. The van der Waals surface area contributed by atoms with Crippen molar-refractivity contribution >= 4 is 21.1 Å². The van der Waals surface area contributed by atoms with Crippen LogP contribution >= 0.6 is 0 Å². The van der Waals surface area contributed by atoms with Crippen LogP contribution in [-0.4, -0.2) is 27.3 Å². The van der Waals surface area contributed by atoms with Gasteiger partial charge in [0.05, 0.1) is 6.20 Å². The van der Waals surface area contributed by atoms with E-state index in [4.69, 9.17) is 0 Å². The van der Waals surface area contributed by atoms with Crippen LogP contribution in [0, 0.1) is 0 Å². The summed E-state index contributed by atoms with van der Waals surface area (Å²) in [4.78, 5) is 4.11. The Labute approximate surface area is 111 Å². The van der Waals surface area contributed by atoms with Crippen molar-refractivity contribution in [3.8, 4) is 0 Å². The fraction of sp³-hybridized carbons (Fsp3) is 0.231.